The van der Waals surface area contributed by atoms with Gasteiger partial charge in [-0.3, -0.25) is 5.41 Å². The molecule has 0 saturated carbocycles. The molecule has 4 heteroatoms. The predicted octanol–water partition coefficient (Wildman–Crippen LogP) is 4.08. The van der Waals surface area contributed by atoms with Crippen LogP contribution in [-0.2, 0) is 0 Å². The number of nitrogen functional groups attached to an aromatic ring is 1. The van der Waals surface area contributed by atoms with Crippen LogP contribution in [0.1, 0.15) is 11.1 Å². The van der Waals surface area contributed by atoms with Crippen LogP contribution in [0.3, 0.4) is 0 Å². The molecule has 0 atom stereocenters. The van der Waals surface area contributed by atoms with Crippen molar-refractivity contribution in [1.82, 2.24) is 0 Å². The Morgan fingerprint density at radius 3 is 2.56 bits per heavy atom. The van der Waals surface area contributed by atoms with Gasteiger partial charge >= 0.3 is 0 Å². The Morgan fingerprint density at radius 2 is 1.94 bits per heavy atom. The van der Waals surface area contributed by atoms with Crippen LogP contribution >= 0.6 is 23.4 Å². The molecule has 0 fully saturated rings. The maximum Gasteiger partial charge on any atom is 0.124 e. The van der Waals surface area contributed by atoms with Crippen molar-refractivity contribution in [1.29, 1.82) is 5.41 Å². The molecule has 0 unspecified atom stereocenters. The zero-order valence-electron chi connectivity index (χ0n) is 9.91. The molecule has 3 N–H and O–H groups in total. The fraction of sp³-hybridized carbons (Fsp3) is 0.0714. The number of amidine groups is 1. The summed E-state index contributed by atoms with van der Waals surface area (Å²) in [5, 5.41) is 7.90. The number of nitrogens with one attached hydrogen (secondary N) is 1. The summed E-state index contributed by atoms with van der Waals surface area (Å²) >= 11 is 7.75. The largest absolute Gasteiger partial charge is 0.384 e. The zero-order valence-corrected chi connectivity index (χ0v) is 11.5. The summed E-state index contributed by atoms with van der Waals surface area (Å²) in [6, 6.07) is 13.7. The first-order valence-corrected chi connectivity index (χ1v) is 6.65. The van der Waals surface area contributed by atoms with Gasteiger partial charge in [0, 0.05) is 15.4 Å². The Morgan fingerprint density at radius 1 is 1.22 bits per heavy atom. The summed E-state index contributed by atoms with van der Waals surface area (Å²) in [6.07, 6.45) is 0. The van der Waals surface area contributed by atoms with Gasteiger partial charge in [-0.15, -0.1) is 0 Å². The minimum Gasteiger partial charge on any atom is -0.384 e. The molecule has 0 radical (unpaired) electrons. The fourth-order valence-electron chi connectivity index (χ4n) is 1.58. The first-order valence-electron chi connectivity index (χ1n) is 5.45. The maximum atomic E-state index is 7.39. The highest BCUT2D eigenvalue weighted by atomic mass is 35.5. The maximum absolute atomic E-state index is 7.39. The van der Waals surface area contributed by atoms with Gasteiger partial charge in [-0.1, -0.05) is 41.6 Å². The third kappa shape index (κ3) is 2.86. The molecular formula is C14H13ClN2S. The van der Waals surface area contributed by atoms with Crippen LogP contribution < -0.4 is 5.73 Å². The summed E-state index contributed by atoms with van der Waals surface area (Å²) in [5.41, 5.74) is 7.24. The average Bonchev–Trinajstić information content (AvgIpc) is 2.32. The molecule has 18 heavy (non-hydrogen) atoms. The van der Waals surface area contributed by atoms with Gasteiger partial charge in [0.2, 0.25) is 0 Å². The molecule has 0 heterocycles. The van der Waals surface area contributed by atoms with E-state index < -0.39 is 0 Å². The second kappa shape index (κ2) is 5.46. The fourth-order valence-corrected chi connectivity index (χ4v) is 2.87. The van der Waals surface area contributed by atoms with Crippen molar-refractivity contribution in [3.63, 3.8) is 0 Å². The van der Waals surface area contributed by atoms with Gasteiger partial charge in [0.05, 0.1) is 5.02 Å². The van der Waals surface area contributed by atoms with Gasteiger partial charge in [-0.2, -0.15) is 0 Å². The van der Waals surface area contributed by atoms with Gasteiger partial charge in [0.15, 0.2) is 0 Å². The number of hydrogen-bond donors (Lipinski definition) is 2. The molecule has 0 bridgehead atoms. The minimum absolute atomic E-state index is 0.00700. The molecule has 0 aliphatic heterocycles. The van der Waals surface area contributed by atoms with E-state index in [4.69, 9.17) is 22.7 Å². The second-order valence-electron chi connectivity index (χ2n) is 3.92. The van der Waals surface area contributed by atoms with Crippen LogP contribution in [0, 0.1) is 12.3 Å². The van der Waals surface area contributed by atoms with Crippen molar-refractivity contribution in [2.45, 2.75) is 16.7 Å². The van der Waals surface area contributed by atoms with E-state index in [1.165, 1.54) is 10.5 Å². The Balaban J connectivity index is 2.29. The molecule has 2 nitrogen and oxygen atoms in total. The summed E-state index contributed by atoms with van der Waals surface area (Å²) < 4.78 is 0. The SMILES string of the molecule is Cc1ccccc1Sc1ccc(C(=N)N)c(Cl)c1. The van der Waals surface area contributed by atoms with Crippen molar-refractivity contribution in [3.8, 4) is 0 Å². The predicted molar refractivity (Wildman–Crippen MR) is 77.8 cm³/mol. The molecule has 0 saturated heterocycles. The number of halogens is 1. The topological polar surface area (TPSA) is 49.9 Å². The van der Waals surface area contributed by atoms with Crippen molar-refractivity contribution in [3.05, 3.63) is 58.6 Å². The normalized spacial score (nSPS) is 10.3. The lowest BCUT2D eigenvalue weighted by atomic mass is 10.2. The van der Waals surface area contributed by atoms with E-state index in [2.05, 4.69) is 19.1 Å². The summed E-state index contributed by atoms with van der Waals surface area (Å²) in [6.45, 7) is 2.08. The van der Waals surface area contributed by atoms with Gasteiger partial charge in [-0.25, -0.2) is 0 Å². The van der Waals surface area contributed by atoms with Gasteiger partial charge in [0.1, 0.15) is 5.84 Å². The first-order chi connectivity index (χ1) is 8.58. The van der Waals surface area contributed by atoms with Crippen LogP contribution in [0.2, 0.25) is 5.02 Å². The van der Waals surface area contributed by atoms with E-state index in [1.807, 2.05) is 24.3 Å². The second-order valence-corrected chi connectivity index (χ2v) is 5.45. The number of rotatable bonds is 3. The molecule has 0 aromatic heterocycles. The molecule has 92 valence electrons. The van der Waals surface area contributed by atoms with Crippen molar-refractivity contribution >= 4 is 29.2 Å². The highest BCUT2D eigenvalue weighted by molar-refractivity contribution is 7.99. The molecule has 0 spiro atoms. The monoisotopic (exact) mass is 276 g/mol. The molecule has 0 amide bonds. The van der Waals surface area contributed by atoms with Gasteiger partial charge < -0.3 is 5.73 Å². The third-order valence-electron chi connectivity index (χ3n) is 2.55. The van der Waals surface area contributed by atoms with Crippen LogP contribution in [-0.4, -0.2) is 5.84 Å². The van der Waals surface area contributed by atoms with Crippen LogP contribution in [0.5, 0.6) is 0 Å². The molecule has 0 aliphatic carbocycles. The highest BCUT2D eigenvalue weighted by Crippen LogP contribution is 2.32. The smallest absolute Gasteiger partial charge is 0.124 e. The third-order valence-corrected chi connectivity index (χ3v) is 4.03. The average molecular weight is 277 g/mol. The zero-order chi connectivity index (χ0) is 13.1. The Kier molecular flexibility index (Phi) is 3.94. The number of nitrogens with two attached hydrogens (primary N) is 1. The Labute approximate surface area is 116 Å². The van der Waals surface area contributed by atoms with Crippen molar-refractivity contribution in [2.24, 2.45) is 5.73 Å². The van der Waals surface area contributed by atoms with E-state index in [0.29, 0.717) is 10.6 Å². The molecule has 2 rings (SSSR count). The minimum atomic E-state index is -0.00700. The lowest BCUT2D eigenvalue weighted by molar-refractivity contribution is 1.29. The van der Waals surface area contributed by atoms with Gasteiger partial charge in [-0.05, 0) is 36.8 Å². The van der Waals surface area contributed by atoms with Crippen LogP contribution in [0.4, 0.5) is 0 Å². The standard InChI is InChI=1S/C14H13ClN2S/c1-9-4-2-3-5-13(9)18-10-6-7-11(14(16)17)12(15)8-10/h2-8H,1H3,(H3,16,17). The summed E-state index contributed by atoms with van der Waals surface area (Å²) in [5.74, 6) is -0.00700. The molecule has 2 aromatic rings. The van der Waals surface area contributed by atoms with Crippen LogP contribution in [0.15, 0.2) is 52.3 Å². The lowest BCUT2D eigenvalue weighted by Gasteiger charge is -2.07. The van der Waals surface area contributed by atoms with E-state index in [9.17, 15) is 0 Å². The molecular weight excluding hydrogens is 264 g/mol. The Hall–Kier alpha value is -1.45. The summed E-state index contributed by atoms with van der Waals surface area (Å²) in [7, 11) is 0. The Bertz CT molecular complexity index is 596. The quantitative estimate of drug-likeness (QED) is 0.655. The van der Waals surface area contributed by atoms with E-state index in [-0.39, 0.29) is 5.84 Å². The van der Waals surface area contributed by atoms with E-state index in [1.54, 1.807) is 17.8 Å². The number of aryl methyl sites for hydroxylation is 1. The lowest BCUT2D eigenvalue weighted by Crippen LogP contribution is -2.11. The van der Waals surface area contributed by atoms with Gasteiger partial charge in [0.25, 0.3) is 0 Å². The van der Waals surface area contributed by atoms with Crippen molar-refractivity contribution < 1.29 is 0 Å². The molecule has 0 aliphatic rings. The van der Waals surface area contributed by atoms with E-state index in [0.717, 1.165) is 4.90 Å². The van der Waals surface area contributed by atoms with E-state index >= 15 is 0 Å². The molecule has 2 aromatic carbocycles. The number of hydrogen-bond acceptors (Lipinski definition) is 2. The first kappa shape index (κ1) is 13.0. The van der Waals surface area contributed by atoms with Crippen LogP contribution in [0.25, 0.3) is 0 Å². The van der Waals surface area contributed by atoms with Crippen molar-refractivity contribution in [2.75, 3.05) is 0 Å². The highest BCUT2D eigenvalue weighted by Gasteiger charge is 2.06. The summed E-state index contributed by atoms with van der Waals surface area (Å²) in [4.78, 5) is 2.24. The number of benzene rings is 2.